The number of aromatic nitrogens is 1. The molecule has 0 saturated carbocycles. The molecule has 0 aliphatic rings. The highest BCUT2D eigenvalue weighted by Gasteiger charge is 2.30. The number of carbonyl (C=O) groups excluding carboxylic acids is 2. The van der Waals surface area contributed by atoms with Gasteiger partial charge in [-0.1, -0.05) is 40.7 Å². The number of Topliss-reactive ketones (excluding diaryl/α,β-unsaturated/α-hetero) is 1. The molecule has 4 nitrogen and oxygen atoms in total. The molecule has 0 radical (unpaired) electrons. The third-order valence-corrected chi connectivity index (χ3v) is 2.85. The second kappa shape index (κ2) is 5.95. The molecule has 0 unspecified atom stereocenters. The molecule has 0 fully saturated rings. The zero-order chi connectivity index (χ0) is 14.6. The van der Waals surface area contributed by atoms with Crippen LogP contribution in [0.2, 0.25) is 0 Å². The number of rotatable bonds is 4. The lowest BCUT2D eigenvalue weighted by Crippen LogP contribution is -2.41. The van der Waals surface area contributed by atoms with Gasteiger partial charge in [-0.15, -0.1) is 0 Å². The minimum atomic E-state index is -0.671. The van der Waals surface area contributed by atoms with Crippen molar-refractivity contribution in [2.75, 3.05) is 0 Å². The summed E-state index contributed by atoms with van der Waals surface area (Å²) >= 11 is 0. The van der Waals surface area contributed by atoms with E-state index < -0.39 is 17.1 Å². The standard InChI is InChI=1S/C15H22N2O2/c1-10(2)12(11-8-6-7-9-16-11)17-14(19)13(18)15(3,4)5/h6-10,12H,1-5H3,(H,17,19)/t12-/m0/s1. The predicted molar refractivity (Wildman–Crippen MR) is 74.4 cm³/mol. The first-order valence-electron chi connectivity index (χ1n) is 6.49. The van der Waals surface area contributed by atoms with Gasteiger partial charge in [0.15, 0.2) is 0 Å². The lowest BCUT2D eigenvalue weighted by atomic mass is 9.89. The maximum atomic E-state index is 12.0. The van der Waals surface area contributed by atoms with Gasteiger partial charge in [0, 0.05) is 11.6 Å². The van der Waals surface area contributed by atoms with Gasteiger partial charge in [0.25, 0.3) is 5.91 Å². The Labute approximate surface area is 114 Å². The van der Waals surface area contributed by atoms with Crippen LogP contribution in [0.5, 0.6) is 0 Å². The number of hydrogen-bond acceptors (Lipinski definition) is 3. The quantitative estimate of drug-likeness (QED) is 0.848. The SMILES string of the molecule is CC(C)[C@H](NC(=O)C(=O)C(C)(C)C)c1ccccn1. The Balaban J connectivity index is 2.87. The Morgan fingerprint density at radius 1 is 1.21 bits per heavy atom. The fraction of sp³-hybridized carbons (Fsp3) is 0.533. The van der Waals surface area contributed by atoms with Gasteiger partial charge < -0.3 is 5.32 Å². The maximum Gasteiger partial charge on any atom is 0.288 e. The van der Waals surface area contributed by atoms with Crippen molar-refractivity contribution in [1.29, 1.82) is 0 Å². The summed E-state index contributed by atoms with van der Waals surface area (Å²) in [5.74, 6) is -0.794. The fourth-order valence-corrected chi connectivity index (χ4v) is 1.69. The lowest BCUT2D eigenvalue weighted by molar-refractivity contribution is -0.143. The molecule has 0 saturated heterocycles. The molecule has 1 aromatic rings. The second-order valence-corrected chi connectivity index (χ2v) is 6.03. The minimum Gasteiger partial charge on any atom is -0.341 e. The Hall–Kier alpha value is -1.71. The van der Waals surface area contributed by atoms with Gasteiger partial charge in [0.1, 0.15) is 0 Å². The van der Waals surface area contributed by atoms with Crippen molar-refractivity contribution in [3.63, 3.8) is 0 Å². The van der Waals surface area contributed by atoms with Gasteiger partial charge >= 0.3 is 0 Å². The maximum absolute atomic E-state index is 12.0. The van der Waals surface area contributed by atoms with E-state index in [4.69, 9.17) is 0 Å². The molecule has 0 aliphatic carbocycles. The third kappa shape index (κ3) is 4.16. The molecule has 0 bridgehead atoms. The van der Waals surface area contributed by atoms with Crippen molar-refractivity contribution in [3.8, 4) is 0 Å². The van der Waals surface area contributed by atoms with Crippen LogP contribution in [-0.4, -0.2) is 16.7 Å². The smallest absolute Gasteiger partial charge is 0.288 e. The monoisotopic (exact) mass is 262 g/mol. The predicted octanol–water partition coefficient (Wildman–Crippen LogP) is 2.51. The molecule has 1 atom stereocenters. The molecule has 0 aromatic carbocycles. The summed E-state index contributed by atoms with van der Waals surface area (Å²) in [6, 6.07) is 5.30. The van der Waals surface area contributed by atoms with Crippen LogP contribution in [0.3, 0.4) is 0 Å². The van der Waals surface area contributed by atoms with E-state index >= 15 is 0 Å². The summed E-state index contributed by atoms with van der Waals surface area (Å²) in [4.78, 5) is 28.2. The van der Waals surface area contributed by atoms with Gasteiger partial charge in [-0.05, 0) is 18.1 Å². The van der Waals surface area contributed by atoms with Crippen LogP contribution in [-0.2, 0) is 9.59 Å². The van der Waals surface area contributed by atoms with Crippen LogP contribution in [0.4, 0.5) is 0 Å². The fourth-order valence-electron chi connectivity index (χ4n) is 1.69. The largest absolute Gasteiger partial charge is 0.341 e. The van der Waals surface area contributed by atoms with Crippen molar-refractivity contribution in [1.82, 2.24) is 10.3 Å². The highest BCUT2D eigenvalue weighted by molar-refractivity contribution is 6.37. The van der Waals surface area contributed by atoms with Crippen molar-refractivity contribution >= 4 is 11.7 Å². The summed E-state index contributed by atoms with van der Waals surface area (Å²) < 4.78 is 0. The van der Waals surface area contributed by atoms with Gasteiger partial charge in [-0.25, -0.2) is 0 Å². The topological polar surface area (TPSA) is 59.1 Å². The van der Waals surface area contributed by atoms with Gasteiger partial charge in [-0.3, -0.25) is 14.6 Å². The molecule has 19 heavy (non-hydrogen) atoms. The number of ketones is 1. The molecule has 1 amide bonds. The minimum absolute atomic E-state index is 0.159. The highest BCUT2D eigenvalue weighted by atomic mass is 16.2. The third-order valence-electron chi connectivity index (χ3n) is 2.85. The summed E-state index contributed by atoms with van der Waals surface area (Å²) in [6.45, 7) is 9.18. The molecule has 1 rings (SSSR count). The number of carbonyl (C=O) groups is 2. The van der Waals surface area contributed by atoms with Crippen LogP contribution in [0, 0.1) is 11.3 Å². The lowest BCUT2D eigenvalue weighted by Gasteiger charge is -2.23. The Bertz CT molecular complexity index is 447. The van der Waals surface area contributed by atoms with E-state index in [1.54, 1.807) is 27.0 Å². The van der Waals surface area contributed by atoms with Gasteiger partial charge in [0.05, 0.1) is 11.7 Å². The van der Waals surface area contributed by atoms with E-state index in [2.05, 4.69) is 10.3 Å². The molecule has 4 heteroatoms. The molecular weight excluding hydrogens is 240 g/mol. The molecule has 1 N–H and O–H groups in total. The summed E-state index contributed by atoms with van der Waals surface area (Å²) in [6.07, 6.45) is 1.68. The average Bonchev–Trinajstić information content (AvgIpc) is 2.34. The van der Waals surface area contributed by atoms with E-state index in [1.165, 1.54) is 0 Å². The van der Waals surface area contributed by atoms with Crippen LogP contribution in [0.15, 0.2) is 24.4 Å². The number of nitrogens with one attached hydrogen (secondary N) is 1. The zero-order valence-corrected chi connectivity index (χ0v) is 12.2. The summed E-state index contributed by atoms with van der Waals surface area (Å²) in [7, 11) is 0. The highest BCUT2D eigenvalue weighted by Crippen LogP contribution is 2.21. The van der Waals surface area contributed by atoms with Crippen molar-refractivity contribution < 1.29 is 9.59 Å². The first-order chi connectivity index (χ1) is 8.73. The van der Waals surface area contributed by atoms with E-state index in [1.807, 2.05) is 32.0 Å². The zero-order valence-electron chi connectivity index (χ0n) is 12.2. The second-order valence-electron chi connectivity index (χ2n) is 6.03. The molecule has 1 aromatic heterocycles. The van der Waals surface area contributed by atoms with Crippen molar-refractivity contribution in [2.24, 2.45) is 11.3 Å². The molecular formula is C15H22N2O2. The average molecular weight is 262 g/mol. The van der Waals surface area contributed by atoms with Crippen LogP contribution >= 0.6 is 0 Å². The van der Waals surface area contributed by atoms with Crippen LogP contribution in [0.1, 0.15) is 46.4 Å². The van der Waals surface area contributed by atoms with E-state index in [0.29, 0.717) is 0 Å². The molecule has 104 valence electrons. The first kappa shape index (κ1) is 15.3. The van der Waals surface area contributed by atoms with Crippen molar-refractivity contribution in [3.05, 3.63) is 30.1 Å². The number of hydrogen-bond donors (Lipinski definition) is 1. The normalized spacial score (nSPS) is 13.2. The van der Waals surface area contributed by atoms with Crippen LogP contribution in [0.25, 0.3) is 0 Å². The van der Waals surface area contributed by atoms with Gasteiger partial charge in [-0.2, -0.15) is 0 Å². The Morgan fingerprint density at radius 2 is 1.84 bits per heavy atom. The van der Waals surface area contributed by atoms with Crippen molar-refractivity contribution in [2.45, 2.75) is 40.7 Å². The molecule has 1 heterocycles. The Morgan fingerprint density at radius 3 is 2.26 bits per heavy atom. The van der Waals surface area contributed by atoms with Crippen LogP contribution < -0.4 is 5.32 Å². The van der Waals surface area contributed by atoms with E-state index in [9.17, 15) is 9.59 Å². The van der Waals surface area contributed by atoms with E-state index in [-0.39, 0.29) is 12.0 Å². The summed E-state index contributed by atoms with van der Waals surface area (Å²) in [5, 5.41) is 2.79. The number of amides is 1. The number of pyridine rings is 1. The Kier molecular flexibility index (Phi) is 4.81. The number of nitrogens with zero attached hydrogens (tertiary/aromatic N) is 1. The first-order valence-corrected chi connectivity index (χ1v) is 6.49. The van der Waals surface area contributed by atoms with E-state index in [0.717, 1.165) is 5.69 Å². The van der Waals surface area contributed by atoms with Gasteiger partial charge in [0.2, 0.25) is 5.78 Å². The summed E-state index contributed by atoms with van der Waals surface area (Å²) in [5.41, 5.74) is 0.1000. The molecule has 0 aliphatic heterocycles. The molecule has 0 spiro atoms.